The average molecular weight is 198 g/mol. The van der Waals surface area contributed by atoms with Crippen LogP contribution in [0.2, 0.25) is 0 Å². The highest BCUT2D eigenvalue weighted by molar-refractivity contribution is 6.36. The maximum Gasteiger partial charge on any atom is 0.352 e. The largest absolute Gasteiger partial charge is 0.477 e. The van der Waals surface area contributed by atoms with E-state index in [9.17, 15) is 4.79 Å². The van der Waals surface area contributed by atoms with E-state index in [4.69, 9.17) is 5.11 Å². The fraction of sp³-hybridized carbons (Fsp3) is 0.800. The SMILES string of the molecule is CN(C)N=C(C(=O)O)C1CCCCC1. The van der Waals surface area contributed by atoms with Crippen LogP contribution >= 0.6 is 0 Å². The molecular formula is C10H18N2O2. The van der Waals surface area contributed by atoms with Crippen LogP contribution in [0.3, 0.4) is 0 Å². The Morgan fingerprint density at radius 2 is 1.86 bits per heavy atom. The number of carboxylic acids is 1. The van der Waals surface area contributed by atoms with Gasteiger partial charge in [-0.05, 0) is 12.8 Å². The molecule has 0 radical (unpaired) electrons. The fourth-order valence-electron chi connectivity index (χ4n) is 1.89. The number of hydrogen-bond donors (Lipinski definition) is 1. The van der Waals surface area contributed by atoms with Crippen LogP contribution in [0.25, 0.3) is 0 Å². The molecule has 0 unspecified atom stereocenters. The lowest BCUT2D eigenvalue weighted by atomic mass is 9.86. The maximum atomic E-state index is 11.0. The molecule has 14 heavy (non-hydrogen) atoms. The molecule has 0 aliphatic heterocycles. The molecule has 0 amide bonds. The van der Waals surface area contributed by atoms with Crippen molar-refractivity contribution in [2.45, 2.75) is 32.1 Å². The molecule has 4 heteroatoms. The Balaban J connectivity index is 2.71. The van der Waals surface area contributed by atoms with Gasteiger partial charge in [0.1, 0.15) is 5.71 Å². The van der Waals surface area contributed by atoms with Gasteiger partial charge < -0.3 is 10.1 Å². The number of aliphatic carboxylic acids is 1. The van der Waals surface area contributed by atoms with Gasteiger partial charge in [-0.25, -0.2) is 4.79 Å². The molecule has 0 aromatic heterocycles. The highest BCUT2D eigenvalue weighted by Crippen LogP contribution is 2.25. The Labute approximate surface area is 84.6 Å². The lowest BCUT2D eigenvalue weighted by molar-refractivity contribution is -0.129. The molecule has 0 aromatic rings. The van der Waals surface area contributed by atoms with E-state index in [2.05, 4.69) is 5.10 Å². The molecule has 0 spiro atoms. The first kappa shape index (κ1) is 11.0. The van der Waals surface area contributed by atoms with Crippen molar-refractivity contribution < 1.29 is 9.90 Å². The third-order valence-electron chi connectivity index (χ3n) is 2.52. The molecule has 1 aliphatic carbocycles. The maximum absolute atomic E-state index is 11.0. The van der Waals surface area contributed by atoms with Gasteiger partial charge in [0.15, 0.2) is 0 Å². The van der Waals surface area contributed by atoms with Gasteiger partial charge in [0.2, 0.25) is 0 Å². The normalized spacial score (nSPS) is 19.4. The van der Waals surface area contributed by atoms with Crippen molar-refractivity contribution in [1.29, 1.82) is 0 Å². The Morgan fingerprint density at radius 3 is 2.29 bits per heavy atom. The fourth-order valence-corrected chi connectivity index (χ4v) is 1.89. The number of hydrazone groups is 1. The van der Waals surface area contributed by atoms with Crippen LogP contribution in [0.1, 0.15) is 32.1 Å². The third-order valence-corrected chi connectivity index (χ3v) is 2.52. The van der Waals surface area contributed by atoms with Crippen molar-refractivity contribution in [3.8, 4) is 0 Å². The Hall–Kier alpha value is -1.06. The first-order chi connectivity index (χ1) is 6.61. The lowest BCUT2D eigenvalue weighted by Gasteiger charge is -2.21. The topological polar surface area (TPSA) is 52.9 Å². The van der Waals surface area contributed by atoms with Gasteiger partial charge in [-0.3, -0.25) is 0 Å². The molecule has 0 aromatic carbocycles. The van der Waals surface area contributed by atoms with Crippen molar-refractivity contribution in [1.82, 2.24) is 5.01 Å². The number of hydrogen-bond acceptors (Lipinski definition) is 3. The molecule has 1 fully saturated rings. The first-order valence-electron chi connectivity index (χ1n) is 5.10. The standard InChI is InChI=1S/C10H18N2O2/c1-12(2)11-9(10(13)14)8-6-4-3-5-7-8/h8H,3-7H2,1-2H3,(H,13,14). The molecule has 0 bridgehead atoms. The minimum Gasteiger partial charge on any atom is -0.477 e. The molecule has 0 saturated heterocycles. The summed E-state index contributed by atoms with van der Waals surface area (Å²) in [4.78, 5) is 11.0. The van der Waals surface area contributed by atoms with Gasteiger partial charge in [-0.2, -0.15) is 5.10 Å². The summed E-state index contributed by atoms with van der Waals surface area (Å²) in [5, 5.41) is 14.6. The number of carbonyl (C=O) groups is 1. The molecule has 1 N–H and O–H groups in total. The number of carboxylic acid groups (broad SMARTS) is 1. The molecular weight excluding hydrogens is 180 g/mol. The van der Waals surface area contributed by atoms with Crippen molar-refractivity contribution >= 4 is 11.7 Å². The van der Waals surface area contributed by atoms with E-state index in [0.29, 0.717) is 5.71 Å². The predicted molar refractivity (Wildman–Crippen MR) is 55.3 cm³/mol. The van der Waals surface area contributed by atoms with Crippen LogP contribution in [0.4, 0.5) is 0 Å². The predicted octanol–water partition coefficient (Wildman–Crippen LogP) is 1.57. The van der Waals surface area contributed by atoms with Crippen LogP contribution in [0, 0.1) is 5.92 Å². The van der Waals surface area contributed by atoms with E-state index in [-0.39, 0.29) is 5.92 Å². The van der Waals surface area contributed by atoms with Gasteiger partial charge in [-0.1, -0.05) is 19.3 Å². The van der Waals surface area contributed by atoms with E-state index in [1.165, 1.54) is 6.42 Å². The van der Waals surface area contributed by atoms with Crippen LogP contribution in [-0.2, 0) is 4.79 Å². The smallest absolute Gasteiger partial charge is 0.352 e. The van der Waals surface area contributed by atoms with Gasteiger partial charge in [0.05, 0.1) is 0 Å². The Kier molecular flexibility index (Phi) is 3.92. The summed E-state index contributed by atoms with van der Waals surface area (Å²) >= 11 is 0. The molecule has 0 atom stereocenters. The van der Waals surface area contributed by atoms with Crippen molar-refractivity contribution in [3.63, 3.8) is 0 Å². The summed E-state index contributed by atoms with van der Waals surface area (Å²) in [6, 6.07) is 0. The summed E-state index contributed by atoms with van der Waals surface area (Å²) in [6.07, 6.45) is 5.43. The zero-order valence-electron chi connectivity index (χ0n) is 8.86. The van der Waals surface area contributed by atoms with Gasteiger partial charge >= 0.3 is 5.97 Å². The summed E-state index contributed by atoms with van der Waals surface area (Å²) in [5.74, 6) is -0.714. The minimum absolute atomic E-state index is 0.156. The zero-order valence-corrected chi connectivity index (χ0v) is 8.86. The van der Waals surface area contributed by atoms with Crippen molar-refractivity contribution in [3.05, 3.63) is 0 Å². The molecule has 1 rings (SSSR count). The Bertz CT molecular complexity index is 230. The summed E-state index contributed by atoms with van der Waals surface area (Å²) < 4.78 is 0. The highest BCUT2D eigenvalue weighted by atomic mass is 16.4. The second-order valence-electron chi connectivity index (χ2n) is 3.97. The van der Waals surface area contributed by atoms with E-state index in [1.54, 1.807) is 19.1 Å². The van der Waals surface area contributed by atoms with Gasteiger partial charge in [0, 0.05) is 20.0 Å². The van der Waals surface area contributed by atoms with Crippen molar-refractivity contribution in [2.24, 2.45) is 11.0 Å². The van der Waals surface area contributed by atoms with Crippen LogP contribution in [0.5, 0.6) is 0 Å². The van der Waals surface area contributed by atoms with E-state index in [1.807, 2.05) is 0 Å². The molecule has 0 heterocycles. The number of rotatable bonds is 3. The monoisotopic (exact) mass is 198 g/mol. The summed E-state index contributed by atoms with van der Waals surface area (Å²) in [7, 11) is 3.51. The van der Waals surface area contributed by atoms with Crippen LogP contribution < -0.4 is 0 Å². The third kappa shape index (κ3) is 3.01. The van der Waals surface area contributed by atoms with Crippen molar-refractivity contribution in [2.75, 3.05) is 14.1 Å². The van der Waals surface area contributed by atoms with Gasteiger partial charge in [-0.15, -0.1) is 0 Å². The summed E-state index contributed by atoms with van der Waals surface area (Å²) in [5.41, 5.74) is 0.328. The van der Waals surface area contributed by atoms with E-state index < -0.39 is 5.97 Å². The first-order valence-corrected chi connectivity index (χ1v) is 5.10. The molecule has 4 nitrogen and oxygen atoms in total. The highest BCUT2D eigenvalue weighted by Gasteiger charge is 2.24. The van der Waals surface area contributed by atoms with E-state index in [0.717, 1.165) is 25.7 Å². The van der Waals surface area contributed by atoms with E-state index >= 15 is 0 Å². The second-order valence-corrected chi connectivity index (χ2v) is 3.97. The zero-order chi connectivity index (χ0) is 10.6. The Morgan fingerprint density at radius 1 is 1.29 bits per heavy atom. The average Bonchev–Trinajstić information content (AvgIpc) is 2.15. The van der Waals surface area contributed by atoms with Gasteiger partial charge in [0.25, 0.3) is 0 Å². The molecule has 1 saturated carbocycles. The summed E-state index contributed by atoms with van der Waals surface area (Å²) in [6.45, 7) is 0. The quantitative estimate of drug-likeness (QED) is 0.553. The van der Waals surface area contributed by atoms with Crippen LogP contribution in [0.15, 0.2) is 5.10 Å². The minimum atomic E-state index is -0.870. The molecule has 1 aliphatic rings. The number of nitrogens with zero attached hydrogens (tertiary/aromatic N) is 2. The lowest BCUT2D eigenvalue weighted by Crippen LogP contribution is -2.28. The molecule has 80 valence electrons. The van der Waals surface area contributed by atoms with Crippen LogP contribution in [-0.4, -0.2) is 35.9 Å². The second kappa shape index (κ2) is 4.98.